The third kappa shape index (κ3) is 8.39. The molecule has 0 spiro atoms. The van der Waals surface area contributed by atoms with E-state index in [0.717, 1.165) is 0 Å². The molecule has 0 unspecified atom stereocenters. The van der Waals surface area contributed by atoms with E-state index in [4.69, 9.17) is 5.11 Å². The number of aliphatic hydroxyl groups excluding tert-OH is 1. The molecule has 0 aliphatic heterocycles. The Morgan fingerprint density at radius 3 is 2.30 bits per heavy atom. The second-order valence-electron chi connectivity index (χ2n) is 4.09. The van der Waals surface area contributed by atoms with Gasteiger partial charge in [0.2, 0.25) is 0 Å². The zero-order valence-electron chi connectivity index (χ0n) is 7.48. The van der Waals surface area contributed by atoms with Crippen LogP contribution in [0, 0.1) is 0 Å². The SMILES string of the molecule is C[Si](C)(C)CCC[SiH2]CO. The van der Waals surface area contributed by atoms with Crippen molar-refractivity contribution in [3.8, 4) is 0 Å². The summed E-state index contributed by atoms with van der Waals surface area (Å²) in [4.78, 5) is 0. The lowest BCUT2D eigenvalue weighted by molar-refractivity contribution is 0.365. The van der Waals surface area contributed by atoms with Crippen LogP contribution in [0.1, 0.15) is 6.42 Å². The van der Waals surface area contributed by atoms with E-state index in [0.29, 0.717) is 6.23 Å². The summed E-state index contributed by atoms with van der Waals surface area (Å²) in [7, 11) is -0.836. The number of hydrogen-bond donors (Lipinski definition) is 1. The first kappa shape index (κ1) is 10.4. The van der Waals surface area contributed by atoms with Gasteiger partial charge in [-0.1, -0.05) is 38.2 Å². The molecule has 62 valence electrons. The summed E-state index contributed by atoms with van der Waals surface area (Å²) in [6, 6.07) is 2.79. The number of hydrogen-bond acceptors (Lipinski definition) is 1. The van der Waals surface area contributed by atoms with E-state index in [1.807, 2.05) is 0 Å². The van der Waals surface area contributed by atoms with E-state index < -0.39 is 8.07 Å². The van der Waals surface area contributed by atoms with Gasteiger partial charge in [-0.2, -0.15) is 0 Å². The summed E-state index contributed by atoms with van der Waals surface area (Å²) in [5.74, 6) is 0. The van der Waals surface area contributed by atoms with Gasteiger partial charge in [-0.05, 0) is 0 Å². The molecule has 0 saturated heterocycles. The Balaban J connectivity index is 3.04. The molecular weight excluding hydrogens is 156 g/mol. The molecule has 10 heavy (non-hydrogen) atoms. The molecule has 0 heterocycles. The predicted molar refractivity (Wildman–Crippen MR) is 53.2 cm³/mol. The highest BCUT2D eigenvalue weighted by molar-refractivity contribution is 6.76. The zero-order chi connectivity index (χ0) is 8.04. The van der Waals surface area contributed by atoms with Gasteiger partial charge in [0.15, 0.2) is 0 Å². The van der Waals surface area contributed by atoms with E-state index in [2.05, 4.69) is 19.6 Å². The van der Waals surface area contributed by atoms with E-state index in [1.54, 1.807) is 0 Å². The fourth-order valence-corrected chi connectivity index (χ4v) is 3.58. The van der Waals surface area contributed by atoms with Crippen molar-refractivity contribution in [1.82, 2.24) is 0 Å². The highest BCUT2D eigenvalue weighted by atomic mass is 28.3. The van der Waals surface area contributed by atoms with E-state index in [9.17, 15) is 0 Å². The van der Waals surface area contributed by atoms with Gasteiger partial charge in [0.05, 0.1) is 9.52 Å². The minimum absolute atomic E-state index is 0.0695. The molecule has 0 aromatic carbocycles. The Bertz CT molecular complexity index is 78.2. The van der Waals surface area contributed by atoms with E-state index in [-0.39, 0.29) is 9.52 Å². The molecule has 0 atom stereocenters. The average Bonchev–Trinajstić information content (AvgIpc) is 1.78. The minimum Gasteiger partial charge on any atom is -0.400 e. The molecule has 0 rings (SSSR count). The Hall–Kier alpha value is 0.394. The molecule has 0 amide bonds. The summed E-state index contributed by atoms with van der Waals surface area (Å²) in [6.07, 6.45) is 1.88. The molecular formula is C7H20OSi2. The highest BCUT2D eigenvalue weighted by Gasteiger charge is 2.10. The van der Waals surface area contributed by atoms with Crippen molar-refractivity contribution >= 4 is 17.6 Å². The lowest BCUT2D eigenvalue weighted by atomic mass is 10.6. The molecule has 3 heteroatoms. The molecule has 0 aliphatic rings. The summed E-state index contributed by atoms with van der Waals surface area (Å²) in [5.41, 5.74) is 0. The van der Waals surface area contributed by atoms with Crippen LogP contribution in [-0.4, -0.2) is 28.9 Å². The third-order valence-corrected chi connectivity index (χ3v) is 4.75. The first-order valence-corrected chi connectivity index (χ1v) is 9.88. The van der Waals surface area contributed by atoms with Gasteiger partial charge >= 0.3 is 0 Å². The second kappa shape index (κ2) is 5.10. The van der Waals surface area contributed by atoms with Crippen LogP contribution < -0.4 is 0 Å². The van der Waals surface area contributed by atoms with Gasteiger partial charge in [0, 0.05) is 14.3 Å². The Labute approximate surface area is 67.7 Å². The van der Waals surface area contributed by atoms with Crippen molar-refractivity contribution in [2.45, 2.75) is 38.2 Å². The first-order valence-electron chi connectivity index (χ1n) is 4.17. The second-order valence-corrected chi connectivity index (χ2v) is 11.6. The standard InChI is InChI=1S/C7H20OSi2/c1-10(2,3)6-4-5-9-7-8/h8H,4-7,9H2,1-3H3. The number of aliphatic hydroxyl groups is 1. The molecule has 0 aliphatic carbocycles. The summed E-state index contributed by atoms with van der Waals surface area (Å²) in [5, 5.41) is 8.57. The van der Waals surface area contributed by atoms with Gasteiger partial charge < -0.3 is 5.11 Å². The van der Waals surface area contributed by atoms with Gasteiger partial charge in [0.25, 0.3) is 0 Å². The molecule has 0 radical (unpaired) electrons. The van der Waals surface area contributed by atoms with Crippen LogP contribution in [0.2, 0.25) is 31.7 Å². The summed E-state index contributed by atoms with van der Waals surface area (Å²) < 4.78 is 0. The maximum absolute atomic E-state index is 8.57. The average molecular weight is 176 g/mol. The molecule has 0 aromatic rings. The molecule has 0 aromatic heterocycles. The van der Waals surface area contributed by atoms with E-state index >= 15 is 0 Å². The van der Waals surface area contributed by atoms with Gasteiger partial charge in [0.1, 0.15) is 0 Å². The lowest BCUT2D eigenvalue weighted by Crippen LogP contribution is -2.18. The van der Waals surface area contributed by atoms with Gasteiger partial charge in [-0.15, -0.1) is 0 Å². The Morgan fingerprint density at radius 1 is 1.30 bits per heavy atom. The predicted octanol–water partition coefficient (Wildman–Crippen LogP) is 1.25. The van der Waals surface area contributed by atoms with Crippen molar-refractivity contribution in [2.75, 3.05) is 6.23 Å². The van der Waals surface area contributed by atoms with Crippen molar-refractivity contribution in [1.29, 1.82) is 0 Å². The number of rotatable bonds is 5. The fraction of sp³-hybridized carbons (Fsp3) is 1.00. The first-order chi connectivity index (χ1) is 4.56. The topological polar surface area (TPSA) is 20.2 Å². The maximum Gasteiger partial charge on any atom is 0.0512 e. The Kier molecular flexibility index (Phi) is 5.30. The van der Waals surface area contributed by atoms with Crippen LogP contribution in [0.3, 0.4) is 0 Å². The monoisotopic (exact) mass is 176 g/mol. The molecule has 1 N–H and O–H groups in total. The van der Waals surface area contributed by atoms with Gasteiger partial charge in [-0.25, -0.2) is 0 Å². The zero-order valence-corrected chi connectivity index (χ0v) is 9.90. The van der Waals surface area contributed by atoms with Crippen molar-refractivity contribution < 1.29 is 5.11 Å². The van der Waals surface area contributed by atoms with Crippen LogP contribution in [0.5, 0.6) is 0 Å². The van der Waals surface area contributed by atoms with Crippen LogP contribution in [0.4, 0.5) is 0 Å². The summed E-state index contributed by atoms with van der Waals surface area (Å²) in [6.45, 7) is 7.23. The largest absolute Gasteiger partial charge is 0.400 e. The molecule has 0 saturated carbocycles. The van der Waals surface area contributed by atoms with E-state index in [1.165, 1.54) is 18.5 Å². The van der Waals surface area contributed by atoms with Crippen LogP contribution in [0.15, 0.2) is 0 Å². The molecule has 0 bridgehead atoms. The van der Waals surface area contributed by atoms with Crippen molar-refractivity contribution in [3.05, 3.63) is 0 Å². The lowest BCUT2D eigenvalue weighted by Gasteiger charge is -2.14. The van der Waals surface area contributed by atoms with Crippen molar-refractivity contribution in [3.63, 3.8) is 0 Å². The Morgan fingerprint density at radius 2 is 1.90 bits per heavy atom. The third-order valence-electron chi connectivity index (χ3n) is 1.58. The fourth-order valence-electron chi connectivity index (χ4n) is 0.944. The summed E-state index contributed by atoms with van der Waals surface area (Å²) >= 11 is 0. The van der Waals surface area contributed by atoms with Crippen LogP contribution >= 0.6 is 0 Å². The normalized spacial score (nSPS) is 13.2. The molecule has 0 fully saturated rings. The minimum atomic E-state index is -0.767. The maximum atomic E-state index is 8.57. The van der Waals surface area contributed by atoms with Crippen LogP contribution in [-0.2, 0) is 0 Å². The van der Waals surface area contributed by atoms with Gasteiger partial charge in [-0.3, -0.25) is 0 Å². The molecule has 1 nitrogen and oxygen atoms in total. The highest BCUT2D eigenvalue weighted by Crippen LogP contribution is 2.12. The van der Waals surface area contributed by atoms with Crippen LogP contribution in [0.25, 0.3) is 0 Å². The van der Waals surface area contributed by atoms with Crippen molar-refractivity contribution in [2.24, 2.45) is 0 Å². The smallest absolute Gasteiger partial charge is 0.0512 e. The quantitative estimate of drug-likeness (QED) is 0.494.